The lowest BCUT2D eigenvalue weighted by molar-refractivity contribution is -0.120. The van der Waals surface area contributed by atoms with Gasteiger partial charge in [-0.2, -0.15) is 0 Å². The molecule has 2 unspecified atom stereocenters. The fraction of sp³-hybridized carbons (Fsp3) is 0.278. The summed E-state index contributed by atoms with van der Waals surface area (Å²) in [6.07, 6.45) is 0.670. The van der Waals surface area contributed by atoms with Crippen LogP contribution in [-0.2, 0) is 4.79 Å². The van der Waals surface area contributed by atoms with E-state index in [1.165, 1.54) is 17.8 Å². The van der Waals surface area contributed by atoms with Crippen molar-refractivity contribution in [1.29, 1.82) is 0 Å². The Morgan fingerprint density at radius 3 is 2.50 bits per heavy atom. The first-order valence-corrected chi connectivity index (χ1v) is 8.55. The van der Waals surface area contributed by atoms with Gasteiger partial charge in [-0.3, -0.25) is 4.79 Å². The van der Waals surface area contributed by atoms with Crippen LogP contribution in [0.25, 0.3) is 0 Å². The van der Waals surface area contributed by atoms with Gasteiger partial charge >= 0.3 is 0 Å². The summed E-state index contributed by atoms with van der Waals surface area (Å²) in [6, 6.07) is 12.8. The van der Waals surface area contributed by atoms with Crippen LogP contribution in [-0.4, -0.2) is 18.5 Å². The van der Waals surface area contributed by atoms with Crippen molar-refractivity contribution in [1.82, 2.24) is 5.32 Å². The Balaban J connectivity index is 2.16. The van der Waals surface area contributed by atoms with Crippen LogP contribution in [0.4, 0.5) is 8.78 Å². The summed E-state index contributed by atoms with van der Waals surface area (Å²) in [7, 11) is 0. The van der Waals surface area contributed by atoms with Crippen LogP contribution in [0.1, 0.15) is 24.2 Å². The second kappa shape index (κ2) is 8.80. The van der Waals surface area contributed by atoms with E-state index in [1.54, 1.807) is 0 Å². The Morgan fingerprint density at radius 1 is 1.17 bits per heavy atom. The number of hydrogen-bond acceptors (Lipinski definition) is 3. The molecule has 0 bridgehead atoms. The smallest absolute Gasteiger partial charge is 0.237 e. The highest BCUT2D eigenvalue weighted by Crippen LogP contribution is 2.35. The number of rotatable bonds is 7. The number of amides is 1. The number of nitrogens with one attached hydrogen (secondary N) is 1. The molecule has 6 heteroatoms. The molecule has 0 fully saturated rings. The van der Waals surface area contributed by atoms with E-state index in [1.807, 2.05) is 37.3 Å². The molecule has 0 saturated heterocycles. The fourth-order valence-electron chi connectivity index (χ4n) is 2.10. The molecule has 0 radical (unpaired) electrons. The third-order valence-electron chi connectivity index (χ3n) is 3.38. The van der Waals surface area contributed by atoms with Crippen molar-refractivity contribution in [3.63, 3.8) is 0 Å². The molecule has 3 N–H and O–H groups in total. The average Bonchev–Trinajstić information content (AvgIpc) is 2.56. The van der Waals surface area contributed by atoms with Gasteiger partial charge < -0.3 is 11.1 Å². The summed E-state index contributed by atoms with van der Waals surface area (Å²) < 4.78 is 26.5. The van der Waals surface area contributed by atoms with E-state index >= 15 is 0 Å². The van der Waals surface area contributed by atoms with Gasteiger partial charge in [-0.25, -0.2) is 8.78 Å². The van der Waals surface area contributed by atoms with Crippen LogP contribution < -0.4 is 11.1 Å². The number of carbonyl (C=O) groups is 1. The van der Waals surface area contributed by atoms with E-state index in [9.17, 15) is 13.6 Å². The third kappa shape index (κ3) is 5.32. The Bertz CT molecular complexity index is 680. The van der Waals surface area contributed by atoms with Crippen LogP contribution in [0.2, 0.25) is 0 Å². The summed E-state index contributed by atoms with van der Waals surface area (Å²) >= 11 is 1.18. The molecule has 1 amide bonds. The van der Waals surface area contributed by atoms with E-state index in [2.05, 4.69) is 5.32 Å². The summed E-state index contributed by atoms with van der Waals surface area (Å²) in [5, 5.41) is 2.30. The number of benzene rings is 2. The van der Waals surface area contributed by atoms with Crippen LogP contribution in [0.3, 0.4) is 0 Å². The van der Waals surface area contributed by atoms with Crippen molar-refractivity contribution in [3.05, 3.63) is 65.7 Å². The van der Waals surface area contributed by atoms with Crippen LogP contribution in [0.15, 0.2) is 53.4 Å². The minimum atomic E-state index is -0.927. The van der Waals surface area contributed by atoms with Crippen LogP contribution >= 0.6 is 11.8 Å². The zero-order valence-corrected chi connectivity index (χ0v) is 14.2. The van der Waals surface area contributed by atoms with Crippen molar-refractivity contribution < 1.29 is 13.6 Å². The Kier molecular flexibility index (Phi) is 6.75. The molecule has 0 aliphatic heterocycles. The van der Waals surface area contributed by atoms with Gasteiger partial charge in [0.2, 0.25) is 5.91 Å². The highest BCUT2D eigenvalue weighted by molar-refractivity contribution is 8.00. The molecule has 128 valence electrons. The van der Waals surface area contributed by atoms with Gasteiger partial charge in [-0.1, -0.05) is 30.3 Å². The van der Waals surface area contributed by atoms with E-state index in [4.69, 9.17) is 5.73 Å². The number of hydrogen-bond donors (Lipinski definition) is 2. The van der Waals surface area contributed by atoms with E-state index in [0.717, 1.165) is 17.7 Å². The third-order valence-corrected chi connectivity index (χ3v) is 4.63. The van der Waals surface area contributed by atoms with Crippen molar-refractivity contribution in [3.8, 4) is 0 Å². The SMILES string of the molecule is CC(N)CCNC(=O)C(Sc1ccc(F)c(F)c1)c1ccccc1. The van der Waals surface area contributed by atoms with Crippen LogP contribution in [0.5, 0.6) is 0 Å². The Morgan fingerprint density at radius 2 is 1.88 bits per heavy atom. The van der Waals surface area contributed by atoms with Crippen molar-refractivity contribution in [2.45, 2.75) is 29.5 Å². The first-order valence-electron chi connectivity index (χ1n) is 7.67. The lowest BCUT2D eigenvalue weighted by Gasteiger charge is -2.17. The van der Waals surface area contributed by atoms with Crippen molar-refractivity contribution >= 4 is 17.7 Å². The van der Waals surface area contributed by atoms with Crippen molar-refractivity contribution in [2.75, 3.05) is 6.54 Å². The number of nitrogens with two attached hydrogens (primary N) is 1. The highest BCUT2D eigenvalue weighted by Gasteiger charge is 2.22. The standard InChI is InChI=1S/C18H20F2N2OS/c1-12(21)9-10-22-18(23)17(13-5-3-2-4-6-13)24-14-7-8-15(19)16(20)11-14/h2-8,11-12,17H,9-10,21H2,1H3,(H,22,23). The Labute approximate surface area is 144 Å². The zero-order valence-electron chi connectivity index (χ0n) is 13.3. The summed E-state index contributed by atoms with van der Waals surface area (Å²) in [6.45, 7) is 2.34. The normalized spacial score (nSPS) is 13.3. The van der Waals surface area contributed by atoms with E-state index in [0.29, 0.717) is 17.9 Å². The second-order valence-electron chi connectivity index (χ2n) is 5.54. The molecule has 24 heavy (non-hydrogen) atoms. The molecular weight excluding hydrogens is 330 g/mol. The topological polar surface area (TPSA) is 55.1 Å². The van der Waals surface area contributed by atoms with Gasteiger partial charge in [0.1, 0.15) is 5.25 Å². The quantitative estimate of drug-likeness (QED) is 0.750. The molecule has 0 aromatic heterocycles. The van der Waals surface area contributed by atoms with E-state index < -0.39 is 16.9 Å². The van der Waals surface area contributed by atoms with Gasteiger partial charge in [0, 0.05) is 17.5 Å². The van der Waals surface area contributed by atoms with Crippen molar-refractivity contribution in [2.24, 2.45) is 5.73 Å². The maximum Gasteiger partial charge on any atom is 0.237 e. The summed E-state index contributed by atoms with van der Waals surface area (Å²) in [5.41, 5.74) is 6.48. The first kappa shape index (κ1) is 18.4. The molecule has 3 nitrogen and oxygen atoms in total. The minimum absolute atomic E-state index is 0.000627. The maximum absolute atomic E-state index is 13.4. The Hall–Kier alpha value is -1.92. The predicted octanol–water partition coefficient (Wildman–Crippen LogP) is 3.65. The highest BCUT2D eigenvalue weighted by atomic mass is 32.2. The molecular formula is C18H20F2N2OS. The molecule has 0 heterocycles. The van der Waals surface area contributed by atoms with Gasteiger partial charge in [-0.15, -0.1) is 11.8 Å². The summed E-state index contributed by atoms with van der Waals surface area (Å²) in [5.74, 6) is -2.02. The second-order valence-corrected chi connectivity index (χ2v) is 6.72. The zero-order chi connectivity index (χ0) is 17.5. The molecule has 0 aliphatic rings. The molecule has 2 aromatic carbocycles. The van der Waals surface area contributed by atoms with Gasteiger partial charge in [0.15, 0.2) is 11.6 Å². The lowest BCUT2D eigenvalue weighted by Crippen LogP contribution is -2.31. The van der Waals surface area contributed by atoms with Gasteiger partial charge in [-0.05, 0) is 37.1 Å². The van der Waals surface area contributed by atoms with E-state index in [-0.39, 0.29) is 11.9 Å². The number of halogens is 2. The summed E-state index contributed by atoms with van der Waals surface area (Å²) in [4.78, 5) is 13.0. The molecule has 0 spiro atoms. The first-order chi connectivity index (χ1) is 11.5. The maximum atomic E-state index is 13.4. The minimum Gasteiger partial charge on any atom is -0.355 e. The molecule has 2 rings (SSSR count). The monoisotopic (exact) mass is 350 g/mol. The largest absolute Gasteiger partial charge is 0.355 e. The lowest BCUT2D eigenvalue weighted by atomic mass is 10.1. The average molecular weight is 350 g/mol. The molecule has 2 atom stereocenters. The van der Waals surface area contributed by atoms with Gasteiger partial charge in [0.05, 0.1) is 0 Å². The number of thioether (sulfide) groups is 1. The molecule has 2 aromatic rings. The fourth-order valence-corrected chi connectivity index (χ4v) is 3.18. The molecule has 0 aliphatic carbocycles. The predicted molar refractivity (Wildman–Crippen MR) is 92.7 cm³/mol. The van der Waals surface area contributed by atoms with Gasteiger partial charge in [0.25, 0.3) is 0 Å². The molecule has 0 saturated carbocycles. The van der Waals surface area contributed by atoms with Crippen LogP contribution in [0, 0.1) is 11.6 Å². The number of carbonyl (C=O) groups excluding carboxylic acids is 1.